The summed E-state index contributed by atoms with van der Waals surface area (Å²) in [7, 11) is 0. The van der Waals surface area contributed by atoms with E-state index in [9.17, 15) is 4.79 Å². The highest BCUT2D eigenvalue weighted by Crippen LogP contribution is 2.30. The van der Waals surface area contributed by atoms with Gasteiger partial charge < -0.3 is 4.74 Å². The largest absolute Gasteiger partial charge is 0.461 e. The zero-order valence-corrected chi connectivity index (χ0v) is 9.02. The van der Waals surface area contributed by atoms with Crippen LogP contribution in [0.15, 0.2) is 24.3 Å². The zero-order valence-electron chi connectivity index (χ0n) is 9.02. The second-order valence-electron chi connectivity index (χ2n) is 4.26. The van der Waals surface area contributed by atoms with Crippen molar-refractivity contribution in [1.82, 2.24) is 0 Å². The monoisotopic (exact) mass is 206 g/mol. The van der Waals surface area contributed by atoms with Crippen LogP contribution in [0.5, 0.6) is 0 Å². The summed E-state index contributed by atoms with van der Waals surface area (Å²) in [6.45, 7) is 0. The lowest BCUT2D eigenvalue weighted by molar-refractivity contribution is -0.185. The minimum absolute atomic E-state index is 0.00874. The van der Waals surface area contributed by atoms with E-state index in [1.165, 1.54) is 0 Å². The van der Waals surface area contributed by atoms with Gasteiger partial charge in [0.2, 0.25) is 0 Å². The Bertz CT molecular complexity index is 278. The molecule has 1 heterocycles. The Labute approximate surface area is 91.0 Å². The number of ether oxygens (including phenoxy) is 1. The SMILES string of the molecule is O=C1OC2CC/C=C/CC/C=C/CCC12. The summed E-state index contributed by atoms with van der Waals surface area (Å²) >= 11 is 0. The van der Waals surface area contributed by atoms with Crippen molar-refractivity contribution >= 4 is 5.97 Å². The Balaban J connectivity index is 1.90. The molecule has 2 aliphatic rings. The first kappa shape index (κ1) is 10.5. The normalized spacial score (nSPS) is 36.1. The molecule has 82 valence electrons. The van der Waals surface area contributed by atoms with Gasteiger partial charge in [0.25, 0.3) is 0 Å². The molecule has 0 radical (unpaired) electrons. The summed E-state index contributed by atoms with van der Waals surface area (Å²) in [5, 5.41) is 0. The van der Waals surface area contributed by atoms with Gasteiger partial charge in [-0.15, -0.1) is 0 Å². The average Bonchev–Trinajstić information content (AvgIpc) is 2.22. The highest BCUT2D eigenvalue weighted by Gasteiger charge is 2.40. The predicted molar refractivity (Wildman–Crippen MR) is 59.4 cm³/mol. The van der Waals surface area contributed by atoms with Crippen LogP contribution in [0, 0.1) is 5.92 Å². The smallest absolute Gasteiger partial charge is 0.313 e. The first-order valence-corrected chi connectivity index (χ1v) is 5.88. The van der Waals surface area contributed by atoms with Crippen LogP contribution in [0.4, 0.5) is 0 Å². The van der Waals surface area contributed by atoms with Crippen molar-refractivity contribution in [2.24, 2.45) is 5.92 Å². The Hall–Kier alpha value is -1.05. The third kappa shape index (κ3) is 2.71. The molecule has 0 spiro atoms. The van der Waals surface area contributed by atoms with Gasteiger partial charge in [0.05, 0.1) is 5.92 Å². The molecule has 0 bridgehead atoms. The molecule has 15 heavy (non-hydrogen) atoms. The predicted octanol–water partition coefficient (Wildman–Crippen LogP) is 2.99. The van der Waals surface area contributed by atoms with Crippen molar-refractivity contribution in [1.29, 1.82) is 0 Å². The van der Waals surface area contributed by atoms with Crippen LogP contribution in [0.3, 0.4) is 0 Å². The van der Waals surface area contributed by atoms with Crippen molar-refractivity contribution in [3.63, 3.8) is 0 Å². The van der Waals surface area contributed by atoms with Crippen molar-refractivity contribution in [2.45, 2.75) is 44.6 Å². The van der Waals surface area contributed by atoms with Gasteiger partial charge in [0.15, 0.2) is 0 Å². The molecule has 2 atom stereocenters. The lowest BCUT2D eigenvalue weighted by atomic mass is 9.88. The summed E-state index contributed by atoms with van der Waals surface area (Å²) in [4.78, 5) is 11.2. The zero-order chi connectivity index (χ0) is 10.5. The number of esters is 1. The van der Waals surface area contributed by atoms with E-state index in [2.05, 4.69) is 24.3 Å². The van der Waals surface area contributed by atoms with Crippen molar-refractivity contribution in [2.75, 3.05) is 0 Å². The minimum Gasteiger partial charge on any atom is -0.461 e. The minimum atomic E-state index is 0.00874. The maximum absolute atomic E-state index is 11.2. The van der Waals surface area contributed by atoms with Gasteiger partial charge in [-0.25, -0.2) is 0 Å². The highest BCUT2D eigenvalue weighted by molar-refractivity contribution is 5.78. The average molecular weight is 206 g/mol. The standard InChI is InChI=1S/C13H18O2/c14-13-11-9-7-5-3-1-2-4-6-8-10-12(11)15-13/h3-6,11-12H,1-2,7-10H2/b5-3+,6-4+. The maximum atomic E-state index is 11.2. The summed E-state index contributed by atoms with van der Waals surface area (Å²) in [5.41, 5.74) is 0. The molecule has 2 rings (SSSR count). The van der Waals surface area contributed by atoms with Gasteiger partial charge in [-0.3, -0.25) is 4.79 Å². The Morgan fingerprint density at radius 2 is 1.53 bits per heavy atom. The van der Waals surface area contributed by atoms with Gasteiger partial charge in [-0.1, -0.05) is 24.3 Å². The fraction of sp³-hybridized carbons (Fsp3) is 0.615. The molecule has 1 aliphatic heterocycles. The third-order valence-electron chi connectivity index (χ3n) is 3.11. The molecule has 0 amide bonds. The number of allylic oxidation sites excluding steroid dienone is 4. The second-order valence-corrected chi connectivity index (χ2v) is 4.26. The van der Waals surface area contributed by atoms with E-state index in [0.717, 1.165) is 38.5 Å². The van der Waals surface area contributed by atoms with Gasteiger partial charge in [-0.2, -0.15) is 0 Å². The second kappa shape index (κ2) is 5.15. The van der Waals surface area contributed by atoms with Gasteiger partial charge in [-0.05, 0) is 38.5 Å². The number of hydrogen-bond donors (Lipinski definition) is 0. The summed E-state index contributed by atoms with van der Waals surface area (Å²) < 4.78 is 5.15. The number of hydrogen-bond acceptors (Lipinski definition) is 2. The Morgan fingerprint density at radius 1 is 0.933 bits per heavy atom. The molecule has 0 aromatic rings. The highest BCUT2D eigenvalue weighted by atomic mass is 16.6. The first-order chi connectivity index (χ1) is 7.38. The van der Waals surface area contributed by atoms with Crippen LogP contribution in [0.2, 0.25) is 0 Å². The van der Waals surface area contributed by atoms with Gasteiger partial charge in [0, 0.05) is 0 Å². The van der Waals surface area contributed by atoms with E-state index in [0.29, 0.717) is 0 Å². The van der Waals surface area contributed by atoms with Crippen LogP contribution in [0.25, 0.3) is 0 Å². The number of carbonyl (C=O) groups excluding carboxylic acids is 1. The van der Waals surface area contributed by atoms with E-state index < -0.39 is 0 Å². The molecular formula is C13H18O2. The molecule has 2 heteroatoms. The number of rotatable bonds is 0. The van der Waals surface area contributed by atoms with Crippen LogP contribution < -0.4 is 0 Å². The molecule has 0 N–H and O–H groups in total. The van der Waals surface area contributed by atoms with E-state index in [4.69, 9.17) is 4.74 Å². The Morgan fingerprint density at radius 3 is 2.20 bits per heavy atom. The quantitative estimate of drug-likeness (QED) is 0.450. The van der Waals surface area contributed by atoms with Crippen LogP contribution in [-0.2, 0) is 9.53 Å². The number of carbonyl (C=O) groups is 1. The molecule has 1 saturated heterocycles. The molecular weight excluding hydrogens is 188 g/mol. The molecule has 1 fully saturated rings. The third-order valence-corrected chi connectivity index (χ3v) is 3.11. The molecule has 1 aliphatic carbocycles. The van der Waals surface area contributed by atoms with E-state index in [-0.39, 0.29) is 18.0 Å². The number of fused-ring (bicyclic) bond motifs is 1. The topological polar surface area (TPSA) is 26.3 Å². The van der Waals surface area contributed by atoms with Crippen LogP contribution in [-0.4, -0.2) is 12.1 Å². The lowest BCUT2D eigenvalue weighted by Gasteiger charge is -2.35. The van der Waals surface area contributed by atoms with Crippen molar-refractivity contribution in [3.8, 4) is 0 Å². The van der Waals surface area contributed by atoms with Crippen LogP contribution in [0.1, 0.15) is 38.5 Å². The fourth-order valence-corrected chi connectivity index (χ4v) is 2.16. The summed E-state index contributed by atoms with van der Waals surface area (Å²) in [5.74, 6) is 0.178. The first-order valence-electron chi connectivity index (χ1n) is 5.88. The maximum Gasteiger partial charge on any atom is 0.313 e. The summed E-state index contributed by atoms with van der Waals surface area (Å²) in [6, 6.07) is 0. The van der Waals surface area contributed by atoms with E-state index in [1.54, 1.807) is 0 Å². The molecule has 0 aromatic heterocycles. The fourth-order valence-electron chi connectivity index (χ4n) is 2.16. The Kier molecular flexibility index (Phi) is 3.59. The van der Waals surface area contributed by atoms with Gasteiger partial charge >= 0.3 is 5.97 Å². The van der Waals surface area contributed by atoms with Crippen LogP contribution >= 0.6 is 0 Å². The van der Waals surface area contributed by atoms with E-state index >= 15 is 0 Å². The molecule has 2 nitrogen and oxygen atoms in total. The molecule has 0 saturated carbocycles. The van der Waals surface area contributed by atoms with Crippen molar-refractivity contribution < 1.29 is 9.53 Å². The molecule has 0 aromatic carbocycles. The summed E-state index contributed by atoms with van der Waals surface area (Å²) in [6.07, 6.45) is 15.3. The molecule has 2 unspecified atom stereocenters. The van der Waals surface area contributed by atoms with E-state index in [1.807, 2.05) is 0 Å². The van der Waals surface area contributed by atoms with Crippen molar-refractivity contribution in [3.05, 3.63) is 24.3 Å². The van der Waals surface area contributed by atoms with Gasteiger partial charge in [0.1, 0.15) is 6.10 Å². The lowest BCUT2D eigenvalue weighted by Crippen LogP contribution is -2.44.